The molecule has 29 heavy (non-hydrogen) atoms. The van der Waals surface area contributed by atoms with Crippen molar-refractivity contribution in [3.63, 3.8) is 0 Å². The zero-order chi connectivity index (χ0) is 19.8. The van der Waals surface area contributed by atoms with Crippen molar-refractivity contribution in [3.8, 4) is 11.3 Å². The molecular formula is C23H28N4O2. The molecule has 2 aromatic rings. The first-order valence-electron chi connectivity index (χ1n) is 10.9. The van der Waals surface area contributed by atoms with Gasteiger partial charge >= 0.3 is 0 Å². The number of fused-ring (bicyclic) bond motifs is 1. The van der Waals surface area contributed by atoms with Crippen LogP contribution in [0.4, 0.5) is 5.69 Å². The predicted octanol–water partition coefficient (Wildman–Crippen LogP) is 3.47. The van der Waals surface area contributed by atoms with Crippen molar-refractivity contribution >= 4 is 17.5 Å². The van der Waals surface area contributed by atoms with Crippen molar-refractivity contribution in [1.29, 1.82) is 0 Å². The number of carbonyl (C=O) groups excluding carboxylic acids is 2. The second kappa shape index (κ2) is 7.65. The van der Waals surface area contributed by atoms with Crippen LogP contribution in [0, 0.1) is 11.8 Å². The maximum atomic E-state index is 12.8. The summed E-state index contributed by atoms with van der Waals surface area (Å²) >= 11 is 0. The van der Waals surface area contributed by atoms with E-state index in [1.165, 1.54) is 12.8 Å². The summed E-state index contributed by atoms with van der Waals surface area (Å²) in [6, 6.07) is 7.97. The zero-order valence-corrected chi connectivity index (χ0v) is 16.8. The lowest BCUT2D eigenvalue weighted by molar-refractivity contribution is -0.135. The van der Waals surface area contributed by atoms with E-state index < -0.39 is 0 Å². The molecule has 1 saturated carbocycles. The first kappa shape index (κ1) is 18.4. The number of nitrogens with zero attached hydrogens (tertiary/aromatic N) is 3. The summed E-state index contributed by atoms with van der Waals surface area (Å²) in [6.07, 6.45) is 9.15. The molecule has 5 rings (SSSR count). The Hall–Kier alpha value is -2.63. The van der Waals surface area contributed by atoms with Gasteiger partial charge in [0.15, 0.2) is 0 Å². The van der Waals surface area contributed by atoms with Crippen LogP contribution in [0.3, 0.4) is 0 Å². The van der Waals surface area contributed by atoms with E-state index in [4.69, 9.17) is 4.98 Å². The minimum absolute atomic E-state index is 0.0261. The van der Waals surface area contributed by atoms with Gasteiger partial charge in [0.05, 0.1) is 5.69 Å². The minimum Gasteiger partial charge on any atom is -0.342 e. The third-order valence-electron chi connectivity index (χ3n) is 6.44. The third-order valence-corrected chi connectivity index (χ3v) is 6.44. The first-order chi connectivity index (χ1) is 14.2. The van der Waals surface area contributed by atoms with Gasteiger partial charge in [0.1, 0.15) is 5.82 Å². The van der Waals surface area contributed by atoms with Crippen molar-refractivity contribution in [1.82, 2.24) is 14.5 Å². The Morgan fingerprint density at radius 2 is 1.83 bits per heavy atom. The Morgan fingerprint density at radius 3 is 2.59 bits per heavy atom. The van der Waals surface area contributed by atoms with E-state index in [-0.39, 0.29) is 17.7 Å². The van der Waals surface area contributed by atoms with Crippen molar-refractivity contribution in [2.24, 2.45) is 11.8 Å². The summed E-state index contributed by atoms with van der Waals surface area (Å²) in [5.74, 6) is 1.75. The van der Waals surface area contributed by atoms with Gasteiger partial charge in [0.2, 0.25) is 11.8 Å². The van der Waals surface area contributed by atoms with Gasteiger partial charge in [-0.2, -0.15) is 0 Å². The largest absolute Gasteiger partial charge is 0.342 e. The number of likely N-dealkylation sites (tertiary alicyclic amines) is 1. The third kappa shape index (κ3) is 3.93. The van der Waals surface area contributed by atoms with Crippen LogP contribution in [0.1, 0.15) is 44.3 Å². The Labute approximate surface area is 171 Å². The number of aryl methyl sites for hydroxylation is 2. The number of amides is 2. The van der Waals surface area contributed by atoms with Crippen LogP contribution in [0.2, 0.25) is 0 Å². The van der Waals surface area contributed by atoms with E-state index in [9.17, 15) is 9.59 Å². The fourth-order valence-electron chi connectivity index (χ4n) is 4.50. The highest BCUT2D eigenvalue weighted by atomic mass is 16.2. The van der Waals surface area contributed by atoms with E-state index >= 15 is 0 Å². The molecular weight excluding hydrogens is 364 g/mol. The predicted molar refractivity (Wildman–Crippen MR) is 111 cm³/mol. The number of hydrogen-bond donors (Lipinski definition) is 1. The molecule has 0 atom stereocenters. The molecule has 2 fully saturated rings. The van der Waals surface area contributed by atoms with Gasteiger partial charge in [-0.25, -0.2) is 4.98 Å². The van der Waals surface area contributed by atoms with Crippen molar-refractivity contribution < 1.29 is 9.59 Å². The zero-order valence-electron chi connectivity index (χ0n) is 16.8. The number of benzene rings is 1. The molecule has 2 amide bonds. The molecule has 0 bridgehead atoms. The molecule has 6 heteroatoms. The molecule has 1 saturated heterocycles. The lowest BCUT2D eigenvalue weighted by Gasteiger charge is -2.31. The SMILES string of the molecule is O=C(Nc1cccc(-c2cn3c(n2)CCCC3)c1)C1CCN(C(=O)C2CC2)CC1. The van der Waals surface area contributed by atoms with E-state index in [1.54, 1.807) is 0 Å². The summed E-state index contributed by atoms with van der Waals surface area (Å²) in [6.45, 7) is 2.45. The van der Waals surface area contributed by atoms with E-state index in [0.29, 0.717) is 19.0 Å². The molecule has 1 aliphatic carbocycles. The molecule has 1 aromatic carbocycles. The minimum atomic E-state index is -0.0261. The van der Waals surface area contributed by atoms with Gasteiger partial charge < -0.3 is 14.8 Å². The van der Waals surface area contributed by atoms with Crippen molar-refractivity contribution in [2.75, 3.05) is 18.4 Å². The number of anilines is 1. The average molecular weight is 393 g/mol. The smallest absolute Gasteiger partial charge is 0.227 e. The van der Waals surface area contributed by atoms with Crippen molar-refractivity contribution in [3.05, 3.63) is 36.3 Å². The Kier molecular flexibility index (Phi) is 4.86. The van der Waals surface area contributed by atoms with Gasteiger partial charge in [-0.1, -0.05) is 12.1 Å². The second-order valence-corrected chi connectivity index (χ2v) is 8.64. The van der Waals surface area contributed by atoms with Crippen LogP contribution in [-0.2, 0) is 22.6 Å². The lowest BCUT2D eigenvalue weighted by atomic mass is 9.95. The number of nitrogens with one attached hydrogen (secondary N) is 1. The summed E-state index contributed by atoms with van der Waals surface area (Å²) in [5.41, 5.74) is 2.83. The number of aromatic nitrogens is 2. The summed E-state index contributed by atoms with van der Waals surface area (Å²) in [7, 11) is 0. The number of piperidine rings is 1. The van der Waals surface area contributed by atoms with Gasteiger partial charge in [-0.15, -0.1) is 0 Å². The van der Waals surface area contributed by atoms with Crippen molar-refractivity contribution in [2.45, 2.75) is 51.5 Å². The molecule has 2 aliphatic heterocycles. The molecule has 3 aliphatic rings. The number of carbonyl (C=O) groups is 2. The van der Waals surface area contributed by atoms with Crippen LogP contribution in [0.15, 0.2) is 30.5 Å². The fourth-order valence-corrected chi connectivity index (χ4v) is 4.50. The molecule has 1 aromatic heterocycles. The summed E-state index contributed by atoms with van der Waals surface area (Å²) in [5, 5.41) is 3.09. The van der Waals surface area contributed by atoms with Crippen LogP contribution in [0.25, 0.3) is 11.3 Å². The van der Waals surface area contributed by atoms with Gasteiger partial charge in [0, 0.05) is 55.3 Å². The van der Waals surface area contributed by atoms with Gasteiger partial charge in [-0.05, 0) is 50.7 Å². The topological polar surface area (TPSA) is 67.2 Å². The van der Waals surface area contributed by atoms with E-state index in [2.05, 4.69) is 16.1 Å². The first-order valence-corrected chi connectivity index (χ1v) is 10.9. The van der Waals surface area contributed by atoms with E-state index in [1.807, 2.05) is 29.2 Å². The van der Waals surface area contributed by atoms with Gasteiger partial charge in [0.25, 0.3) is 0 Å². The maximum absolute atomic E-state index is 12.8. The van der Waals surface area contributed by atoms with Crippen LogP contribution in [0.5, 0.6) is 0 Å². The average Bonchev–Trinajstić information content (AvgIpc) is 3.51. The van der Waals surface area contributed by atoms with Crippen LogP contribution in [-0.4, -0.2) is 39.4 Å². The normalized spacial score (nSPS) is 19.7. The summed E-state index contributed by atoms with van der Waals surface area (Å²) in [4.78, 5) is 31.7. The fraction of sp³-hybridized carbons (Fsp3) is 0.522. The summed E-state index contributed by atoms with van der Waals surface area (Å²) < 4.78 is 2.25. The molecule has 1 N–H and O–H groups in total. The Balaban J connectivity index is 1.22. The van der Waals surface area contributed by atoms with Crippen LogP contribution >= 0.6 is 0 Å². The molecule has 6 nitrogen and oxygen atoms in total. The standard InChI is InChI=1S/C23H28N4O2/c28-22(16-9-12-26(13-10-16)23(29)17-7-8-17)24-19-5-3-4-18(14-19)20-15-27-11-2-1-6-21(27)25-20/h3-5,14-17H,1-2,6-13H2,(H,24,28). The second-order valence-electron chi connectivity index (χ2n) is 8.64. The monoisotopic (exact) mass is 392 g/mol. The molecule has 0 spiro atoms. The number of imidazole rings is 1. The van der Waals surface area contributed by atoms with E-state index in [0.717, 1.165) is 61.4 Å². The Bertz CT molecular complexity index is 899. The highest BCUT2D eigenvalue weighted by molar-refractivity contribution is 5.93. The van der Waals surface area contributed by atoms with Crippen LogP contribution < -0.4 is 5.32 Å². The quantitative estimate of drug-likeness (QED) is 0.866. The highest BCUT2D eigenvalue weighted by Gasteiger charge is 2.36. The lowest BCUT2D eigenvalue weighted by Crippen LogP contribution is -2.42. The molecule has 0 unspecified atom stereocenters. The highest BCUT2D eigenvalue weighted by Crippen LogP contribution is 2.32. The Morgan fingerprint density at radius 1 is 1.00 bits per heavy atom. The molecule has 3 heterocycles. The maximum Gasteiger partial charge on any atom is 0.227 e. The molecule has 0 radical (unpaired) electrons. The molecule has 152 valence electrons. The number of rotatable bonds is 4. The number of hydrogen-bond acceptors (Lipinski definition) is 3. The van der Waals surface area contributed by atoms with Gasteiger partial charge in [-0.3, -0.25) is 9.59 Å².